The van der Waals surface area contributed by atoms with Crippen molar-refractivity contribution in [2.45, 2.75) is 19.3 Å². The number of hydrogen-bond donors (Lipinski definition) is 0. The van der Waals surface area contributed by atoms with Gasteiger partial charge in [0, 0.05) is 13.1 Å². The van der Waals surface area contributed by atoms with Crippen LogP contribution in [0.2, 0.25) is 0 Å². The van der Waals surface area contributed by atoms with Gasteiger partial charge in [-0.25, -0.2) is 0 Å². The molecule has 6 heteroatoms. The number of anilines is 1. The maximum atomic E-state index is 11.1. The normalized spacial score (nSPS) is 14.7. The van der Waals surface area contributed by atoms with E-state index >= 15 is 0 Å². The van der Waals surface area contributed by atoms with E-state index in [0.717, 1.165) is 25.9 Å². The number of hydrogen-bond acceptors (Lipinski definition) is 6. The second-order valence-corrected chi connectivity index (χ2v) is 3.82. The minimum absolute atomic E-state index is 0.0426. The number of rotatable bonds is 3. The minimum Gasteiger partial charge on any atom is -0.469 e. The summed E-state index contributed by atoms with van der Waals surface area (Å²) in [6.07, 6.45) is 2.12. The smallest absolute Gasteiger partial charge is 0.314 e. The summed E-state index contributed by atoms with van der Waals surface area (Å²) < 4.78 is 9.98. The van der Waals surface area contributed by atoms with Crippen LogP contribution < -0.4 is 4.90 Å². The van der Waals surface area contributed by atoms with Gasteiger partial charge in [-0.15, -0.1) is 0 Å². The van der Waals surface area contributed by atoms with Crippen molar-refractivity contribution in [1.82, 2.24) is 4.98 Å². The fourth-order valence-electron chi connectivity index (χ4n) is 1.83. The second kappa shape index (κ2) is 4.87. The van der Waals surface area contributed by atoms with Crippen molar-refractivity contribution in [2.75, 3.05) is 25.1 Å². The van der Waals surface area contributed by atoms with Crippen LogP contribution in [-0.2, 0) is 16.0 Å². The van der Waals surface area contributed by atoms with E-state index in [1.165, 1.54) is 7.11 Å². The molecule has 0 amide bonds. The molecule has 0 radical (unpaired) electrons. The number of carbonyl (C=O) groups excluding carboxylic acids is 1. The third-order valence-electron chi connectivity index (χ3n) is 2.68. The van der Waals surface area contributed by atoms with Crippen LogP contribution in [0.5, 0.6) is 0 Å². The molecule has 2 heterocycles. The molecule has 1 fully saturated rings. The Morgan fingerprint density at radius 2 is 2.29 bits per heavy atom. The van der Waals surface area contributed by atoms with Crippen molar-refractivity contribution < 1.29 is 13.9 Å². The number of carbonyl (C=O) groups is 1. The Kier molecular flexibility index (Phi) is 3.28. The Balaban J connectivity index is 2.20. The lowest BCUT2D eigenvalue weighted by Gasteiger charge is -2.12. The van der Waals surface area contributed by atoms with Crippen LogP contribution in [0.15, 0.2) is 4.42 Å². The molecular weight excluding hydrogens is 222 g/mol. The number of esters is 1. The van der Waals surface area contributed by atoms with Gasteiger partial charge >= 0.3 is 5.97 Å². The largest absolute Gasteiger partial charge is 0.469 e. The van der Waals surface area contributed by atoms with Gasteiger partial charge < -0.3 is 14.1 Å². The van der Waals surface area contributed by atoms with Gasteiger partial charge in [0.05, 0.1) is 7.11 Å². The highest BCUT2D eigenvalue weighted by Gasteiger charge is 2.23. The van der Waals surface area contributed by atoms with Gasteiger partial charge in [0.1, 0.15) is 12.5 Å². The summed E-state index contributed by atoms with van der Waals surface area (Å²) in [5.74, 6) is 0.280. The lowest BCUT2D eigenvalue weighted by atomic mass is 10.4. The van der Waals surface area contributed by atoms with E-state index in [1.54, 1.807) is 0 Å². The maximum absolute atomic E-state index is 11.1. The van der Waals surface area contributed by atoms with Gasteiger partial charge in [-0.1, -0.05) is 0 Å². The molecule has 2 rings (SSSR count). The summed E-state index contributed by atoms with van der Waals surface area (Å²) in [7, 11) is 1.30. The van der Waals surface area contributed by atoms with Gasteiger partial charge in [0.15, 0.2) is 0 Å². The summed E-state index contributed by atoms with van der Waals surface area (Å²) in [6, 6.07) is 1.99. The van der Waals surface area contributed by atoms with E-state index in [-0.39, 0.29) is 18.0 Å². The highest BCUT2D eigenvalue weighted by atomic mass is 16.5. The molecule has 0 N–H and O–H groups in total. The van der Waals surface area contributed by atoms with Crippen LogP contribution in [0, 0.1) is 11.3 Å². The van der Waals surface area contributed by atoms with Crippen LogP contribution in [0.4, 0.5) is 5.88 Å². The maximum Gasteiger partial charge on any atom is 0.314 e. The van der Waals surface area contributed by atoms with Crippen molar-refractivity contribution in [1.29, 1.82) is 5.26 Å². The zero-order valence-corrected chi connectivity index (χ0v) is 9.60. The molecule has 1 aliphatic rings. The molecule has 90 valence electrons. The highest BCUT2D eigenvalue weighted by molar-refractivity contribution is 5.71. The molecule has 0 unspecified atom stereocenters. The first-order chi connectivity index (χ1) is 8.24. The van der Waals surface area contributed by atoms with Gasteiger partial charge in [-0.2, -0.15) is 10.2 Å². The third-order valence-corrected chi connectivity index (χ3v) is 2.68. The number of ether oxygens (including phenoxy) is 1. The van der Waals surface area contributed by atoms with E-state index < -0.39 is 5.97 Å². The van der Waals surface area contributed by atoms with Crippen LogP contribution in [-0.4, -0.2) is 31.2 Å². The average Bonchev–Trinajstić information content (AvgIpc) is 2.96. The predicted octanol–water partition coefficient (Wildman–Crippen LogP) is 0.862. The molecule has 1 saturated heterocycles. The number of oxazole rings is 1. The summed E-state index contributed by atoms with van der Waals surface area (Å²) in [5, 5.41) is 8.97. The number of methoxy groups -OCH3 is 1. The van der Waals surface area contributed by atoms with Crippen LogP contribution in [0.1, 0.15) is 24.4 Å². The molecule has 0 aromatic carbocycles. The molecule has 1 aromatic rings. The summed E-state index contributed by atoms with van der Waals surface area (Å²) in [4.78, 5) is 17.1. The standard InChI is InChI=1S/C11H13N3O3/c1-16-10(15)6-9-13-8(7-12)11(17-9)14-4-2-3-5-14/h2-6H2,1H3. The zero-order chi connectivity index (χ0) is 12.3. The van der Waals surface area contributed by atoms with E-state index in [1.807, 2.05) is 11.0 Å². The fraction of sp³-hybridized carbons (Fsp3) is 0.545. The molecular formula is C11H13N3O3. The number of aromatic nitrogens is 1. The summed E-state index contributed by atoms with van der Waals surface area (Å²) >= 11 is 0. The molecule has 1 aliphatic heterocycles. The Morgan fingerprint density at radius 1 is 1.59 bits per heavy atom. The Labute approximate surface area is 98.8 Å². The van der Waals surface area contributed by atoms with Crippen LogP contribution in [0.3, 0.4) is 0 Å². The first-order valence-electron chi connectivity index (χ1n) is 5.46. The third kappa shape index (κ3) is 2.38. The Morgan fingerprint density at radius 3 is 2.88 bits per heavy atom. The first-order valence-corrected chi connectivity index (χ1v) is 5.46. The number of nitrogens with zero attached hydrogens (tertiary/aromatic N) is 3. The zero-order valence-electron chi connectivity index (χ0n) is 9.60. The Bertz CT molecular complexity index is 455. The van der Waals surface area contributed by atoms with E-state index in [2.05, 4.69) is 9.72 Å². The molecule has 1 aromatic heterocycles. The molecule has 0 spiro atoms. The van der Waals surface area contributed by atoms with Crippen LogP contribution >= 0.6 is 0 Å². The SMILES string of the molecule is COC(=O)Cc1nc(C#N)c(N2CCCC2)o1. The van der Waals surface area contributed by atoms with Crippen molar-refractivity contribution in [3.05, 3.63) is 11.6 Å². The van der Waals surface area contributed by atoms with Crippen molar-refractivity contribution >= 4 is 11.9 Å². The van der Waals surface area contributed by atoms with Crippen LogP contribution in [0.25, 0.3) is 0 Å². The molecule has 6 nitrogen and oxygen atoms in total. The molecule has 0 atom stereocenters. The fourth-order valence-corrected chi connectivity index (χ4v) is 1.83. The molecule has 17 heavy (non-hydrogen) atoms. The number of nitriles is 1. The van der Waals surface area contributed by atoms with Crippen molar-refractivity contribution in [2.24, 2.45) is 0 Å². The quantitative estimate of drug-likeness (QED) is 0.723. The van der Waals surface area contributed by atoms with Crippen molar-refractivity contribution in [3.63, 3.8) is 0 Å². The van der Waals surface area contributed by atoms with Crippen molar-refractivity contribution in [3.8, 4) is 6.07 Å². The van der Waals surface area contributed by atoms with E-state index in [0.29, 0.717) is 5.88 Å². The highest BCUT2D eigenvalue weighted by Crippen LogP contribution is 2.25. The Hall–Kier alpha value is -2.03. The predicted molar refractivity (Wildman–Crippen MR) is 58.4 cm³/mol. The van der Waals surface area contributed by atoms with Gasteiger partial charge in [0.25, 0.3) is 0 Å². The first kappa shape index (κ1) is 11.5. The minimum atomic E-state index is -0.427. The summed E-state index contributed by atoms with van der Waals surface area (Å²) in [6.45, 7) is 1.73. The topological polar surface area (TPSA) is 79.4 Å². The van der Waals surface area contributed by atoms with E-state index in [9.17, 15) is 4.79 Å². The monoisotopic (exact) mass is 235 g/mol. The summed E-state index contributed by atoms with van der Waals surface area (Å²) in [5.41, 5.74) is 0.241. The lowest BCUT2D eigenvalue weighted by molar-refractivity contribution is -0.140. The van der Waals surface area contributed by atoms with Gasteiger partial charge in [0.2, 0.25) is 17.5 Å². The van der Waals surface area contributed by atoms with E-state index in [4.69, 9.17) is 9.68 Å². The molecule has 0 bridgehead atoms. The van der Waals surface area contributed by atoms with Gasteiger partial charge in [-0.05, 0) is 12.8 Å². The average molecular weight is 235 g/mol. The van der Waals surface area contributed by atoms with Gasteiger partial charge in [-0.3, -0.25) is 4.79 Å². The molecule has 0 saturated carbocycles. The lowest BCUT2D eigenvalue weighted by Crippen LogP contribution is -2.17. The molecule has 0 aliphatic carbocycles. The second-order valence-electron chi connectivity index (χ2n) is 3.82.